The molecule has 3 rings (SSSR count). The number of hydrogen-bond acceptors (Lipinski definition) is 2. The third-order valence-electron chi connectivity index (χ3n) is 3.15. The van der Waals surface area contributed by atoms with E-state index in [0.717, 1.165) is 28.2 Å². The van der Waals surface area contributed by atoms with Crippen molar-refractivity contribution in [3.05, 3.63) is 66.9 Å². The molecule has 0 aliphatic carbocycles. The number of rotatable bonds is 4. The first-order chi connectivity index (χ1) is 9.90. The van der Waals surface area contributed by atoms with Gasteiger partial charge in [0.15, 0.2) is 11.5 Å². The van der Waals surface area contributed by atoms with Gasteiger partial charge in [0.2, 0.25) is 0 Å². The van der Waals surface area contributed by atoms with Gasteiger partial charge in [0.05, 0.1) is 12.2 Å². The van der Waals surface area contributed by atoms with E-state index in [0.29, 0.717) is 6.61 Å². The Morgan fingerprint density at radius 2 is 1.45 bits per heavy atom. The molecule has 0 aliphatic heterocycles. The lowest BCUT2D eigenvalue weighted by molar-refractivity contribution is 0.339. The predicted molar refractivity (Wildman–Crippen MR) is 80.7 cm³/mol. The van der Waals surface area contributed by atoms with Gasteiger partial charge in [0.25, 0.3) is 0 Å². The van der Waals surface area contributed by atoms with Crippen LogP contribution in [0.4, 0.5) is 0 Å². The minimum absolute atomic E-state index is 0.610. The van der Waals surface area contributed by atoms with Gasteiger partial charge in [-0.05, 0) is 12.5 Å². The van der Waals surface area contributed by atoms with Crippen molar-refractivity contribution in [2.24, 2.45) is 0 Å². The quantitative estimate of drug-likeness (QED) is 0.660. The Bertz CT molecular complexity index is 612. The molecule has 0 unspecified atom stereocenters. The minimum Gasteiger partial charge on any atom is -0.489 e. The first-order valence-corrected chi connectivity index (χ1v) is 6.75. The Labute approximate surface area is 118 Å². The number of hydrogen-bond donors (Lipinski definition) is 0. The van der Waals surface area contributed by atoms with E-state index in [9.17, 15) is 0 Å². The summed E-state index contributed by atoms with van der Waals surface area (Å²) in [6.45, 7) is 2.59. The van der Waals surface area contributed by atoms with Gasteiger partial charge in [-0.15, -0.1) is 0 Å². The van der Waals surface area contributed by atoms with Crippen LogP contribution in [0.1, 0.15) is 6.92 Å². The molecule has 100 valence electrons. The highest BCUT2D eigenvalue weighted by atomic mass is 16.5. The Kier molecular flexibility index (Phi) is 3.55. The zero-order valence-corrected chi connectivity index (χ0v) is 11.4. The summed E-state index contributed by atoms with van der Waals surface area (Å²) in [5, 5.41) is 0. The third-order valence-corrected chi connectivity index (χ3v) is 3.15. The smallest absolute Gasteiger partial charge is 0.176 e. The molecule has 0 saturated carbocycles. The van der Waals surface area contributed by atoms with E-state index in [1.165, 1.54) is 0 Å². The lowest BCUT2D eigenvalue weighted by atomic mass is 10.1. The van der Waals surface area contributed by atoms with Crippen LogP contribution in [0, 0.1) is 0 Å². The summed E-state index contributed by atoms with van der Waals surface area (Å²) in [4.78, 5) is 0. The molecule has 0 N–H and O–H groups in total. The fourth-order valence-electron chi connectivity index (χ4n) is 2.24. The minimum atomic E-state index is 0.610. The van der Waals surface area contributed by atoms with Gasteiger partial charge in [-0.1, -0.05) is 60.7 Å². The Balaban J connectivity index is 2.12. The average molecular weight is 264 g/mol. The molecule has 0 saturated heterocycles. The van der Waals surface area contributed by atoms with Gasteiger partial charge in [-0.25, -0.2) is 0 Å². The van der Waals surface area contributed by atoms with Crippen molar-refractivity contribution in [2.75, 3.05) is 6.61 Å². The first kappa shape index (κ1) is 12.5. The molecule has 0 aliphatic rings. The molecule has 0 spiro atoms. The van der Waals surface area contributed by atoms with E-state index in [-0.39, 0.29) is 0 Å². The van der Waals surface area contributed by atoms with Crippen LogP contribution in [0.15, 0.2) is 71.3 Å². The molecule has 0 radical (unpaired) electrons. The van der Waals surface area contributed by atoms with Crippen LogP contribution in [0.25, 0.3) is 22.5 Å². The maximum Gasteiger partial charge on any atom is 0.176 e. The van der Waals surface area contributed by atoms with Crippen molar-refractivity contribution in [1.82, 2.24) is 0 Å². The zero-order chi connectivity index (χ0) is 13.8. The van der Waals surface area contributed by atoms with E-state index >= 15 is 0 Å². The van der Waals surface area contributed by atoms with Gasteiger partial charge >= 0.3 is 0 Å². The Morgan fingerprint density at radius 3 is 2.05 bits per heavy atom. The molecule has 1 aromatic heterocycles. The lowest BCUT2D eigenvalue weighted by Crippen LogP contribution is -1.93. The molecule has 3 aromatic rings. The van der Waals surface area contributed by atoms with E-state index in [1.807, 2.05) is 55.5 Å². The van der Waals surface area contributed by atoms with Crippen molar-refractivity contribution < 1.29 is 9.15 Å². The zero-order valence-electron chi connectivity index (χ0n) is 11.4. The molecule has 2 aromatic carbocycles. The predicted octanol–water partition coefficient (Wildman–Crippen LogP) is 5.01. The monoisotopic (exact) mass is 264 g/mol. The molecule has 1 heterocycles. The van der Waals surface area contributed by atoms with Crippen LogP contribution >= 0.6 is 0 Å². The summed E-state index contributed by atoms with van der Waals surface area (Å²) in [6, 6.07) is 20.2. The van der Waals surface area contributed by atoms with Crippen LogP contribution in [0.5, 0.6) is 5.75 Å². The summed E-state index contributed by atoms with van der Waals surface area (Å²) in [5.74, 6) is 1.59. The highest BCUT2D eigenvalue weighted by Gasteiger charge is 2.17. The molecule has 2 heteroatoms. The second-order valence-electron chi connectivity index (χ2n) is 4.47. The molecular weight excluding hydrogens is 248 g/mol. The summed E-state index contributed by atoms with van der Waals surface area (Å²) >= 11 is 0. The van der Waals surface area contributed by atoms with Crippen LogP contribution in [0.3, 0.4) is 0 Å². The summed E-state index contributed by atoms with van der Waals surface area (Å²) < 4.78 is 11.6. The second kappa shape index (κ2) is 5.66. The van der Waals surface area contributed by atoms with Gasteiger partial charge in [-0.3, -0.25) is 0 Å². The second-order valence-corrected chi connectivity index (χ2v) is 4.47. The molecule has 0 fully saturated rings. The van der Waals surface area contributed by atoms with Crippen LogP contribution in [-0.4, -0.2) is 6.61 Å². The fraction of sp³-hybridized carbons (Fsp3) is 0.111. The maximum absolute atomic E-state index is 5.82. The largest absolute Gasteiger partial charge is 0.489 e. The summed E-state index contributed by atoms with van der Waals surface area (Å²) in [5.41, 5.74) is 3.12. The third kappa shape index (κ3) is 2.32. The van der Waals surface area contributed by atoms with Crippen molar-refractivity contribution in [3.63, 3.8) is 0 Å². The molecular formula is C18H16O2. The van der Waals surface area contributed by atoms with Crippen LogP contribution in [0.2, 0.25) is 0 Å². The molecule has 0 atom stereocenters. The van der Waals surface area contributed by atoms with E-state index in [2.05, 4.69) is 12.1 Å². The maximum atomic E-state index is 5.82. The van der Waals surface area contributed by atoms with Gasteiger partial charge in [0.1, 0.15) is 6.26 Å². The van der Waals surface area contributed by atoms with Crippen molar-refractivity contribution in [2.45, 2.75) is 6.92 Å². The standard InChI is InChI=1S/C18H16O2/c1-2-19-18-16(14-9-5-3-6-10-14)13-20-17(18)15-11-7-4-8-12-15/h3-13H,2H2,1H3. The van der Waals surface area contributed by atoms with Crippen LogP contribution in [-0.2, 0) is 0 Å². The Morgan fingerprint density at radius 1 is 0.850 bits per heavy atom. The summed E-state index contributed by atoms with van der Waals surface area (Å²) in [7, 11) is 0. The lowest BCUT2D eigenvalue weighted by Gasteiger charge is -2.07. The SMILES string of the molecule is CCOc1c(-c2ccccc2)coc1-c1ccccc1. The molecule has 0 amide bonds. The highest BCUT2D eigenvalue weighted by molar-refractivity contribution is 5.79. The van der Waals surface area contributed by atoms with E-state index in [1.54, 1.807) is 6.26 Å². The van der Waals surface area contributed by atoms with Gasteiger partial charge in [0, 0.05) is 5.56 Å². The number of furan rings is 1. The highest BCUT2D eigenvalue weighted by Crippen LogP contribution is 2.40. The van der Waals surface area contributed by atoms with Gasteiger partial charge in [-0.2, -0.15) is 0 Å². The first-order valence-electron chi connectivity index (χ1n) is 6.75. The van der Waals surface area contributed by atoms with Gasteiger partial charge < -0.3 is 9.15 Å². The number of ether oxygens (including phenoxy) is 1. The van der Waals surface area contributed by atoms with Crippen molar-refractivity contribution >= 4 is 0 Å². The van der Waals surface area contributed by atoms with Crippen molar-refractivity contribution in [3.8, 4) is 28.2 Å². The van der Waals surface area contributed by atoms with Crippen molar-refractivity contribution in [1.29, 1.82) is 0 Å². The molecule has 2 nitrogen and oxygen atoms in total. The molecule has 0 bridgehead atoms. The van der Waals surface area contributed by atoms with E-state index < -0.39 is 0 Å². The summed E-state index contributed by atoms with van der Waals surface area (Å²) in [6.07, 6.45) is 1.77. The molecule has 20 heavy (non-hydrogen) atoms. The fourth-order valence-corrected chi connectivity index (χ4v) is 2.24. The average Bonchev–Trinajstić information content (AvgIpc) is 2.93. The van der Waals surface area contributed by atoms with Crippen LogP contribution < -0.4 is 4.74 Å². The topological polar surface area (TPSA) is 22.4 Å². The van der Waals surface area contributed by atoms with E-state index in [4.69, 9.17) is 9.15 Å². The number of benzene rings is 2. The Hall–Kier alpha value is -2.48. The normalized spacial score (nSPS) is 10.4.